The highest BCUT2D eigenvalue weighted by atomic mass is 16.1. The van der Waals surface area contributed by atoms with Crippen LogP contribution in [0.15, 0.2) is 6.20 Å². The molecular formula is C9H12N4O. The van der Waals surface area contributed by atoms with Crippen molar-refractivity contribution in [3.8, 4) is 11.8 Å². The minimum atomic E-state index is -0.495. The molecule has 0 aliphatic heterocycles. The Morgan fingerprint density at radius 2 is 2.50 bits per heavy atom. The molecule has 0 bridgehead atoms. The first-order chi connectivity index (χ1) is 6.65. The molecule has 0 radical (unpaired) electrons. The van der Waals surface area contributed by atoms with Gasteiger partial charge in [-0.05, 0) is 6.92 Å². The van der Waals surface area contributed by atoms with E-state index >= 15 is 0 Å². The van der Waals surface area contributed by atoms with Crippen molar-refractivity contribution in [2.75, 3.05) is 11.9 Å². The maximum Gasteiger partial charge on any atom is 0.254 e. The summed E-state index contributed by atoms with van der Waals surface area (Å²) < 4.78 is 1.53. The van der Waals surface area contributed by atoms with Crippen LogP contribution in [-0.4, -0.2) is 22.2 Å². The highest BCUT2D eigenvalue weighted by Gasteiger charge is 2.11. The Kier molecular flexibility index (Phi) is 3.13. The van der Waals surface area contributed by atoms with Crippen LogP contribution in [0.4, 0.5) is 5.82 Å². The summed E-state index contributed by atoms with van der Waals surface area (Å²) in [5.41, 5.74) is 5.54. The molecule has 0 unspecified atom stereocenters. The molecule has 1 heterocycles. The van der Waals surface area contributed by atoms with Crippen molar-refractivity contribution in [2.45, 2.75) is 6.92 Å². The van der Waals surface area contributed by atoms with Crippen LogP contribution in [0.2, 0.25) is 0 Å². The summed E-state index contributed by atoms with van der Waals surface area (Å²) >= 11 is 0. The molecule has 0 atom stereocenters. The van der Waals surface area contributed by atoms with Crippen molar-refractivity contribution in [1.82, 2.24) is 9.78 Å². The SMILES string of the molecule is CC#CCNc1nn(C)cc1C(N)=O. The van der Waals surface area contributed by atoms with E-state index in [1.54, 1.807) is 20.2 Å². The zero-order valence-corrected chi connectivity index (χ0v) is 8.16. The predicted molar refractivity (Wildman–Crippen MR) is 53.7 cm³/mol. The van der Waals surface area contributed by atoms with Gasteiger partial charge in [0.15, 0.2) is 5.82 Å². The fraction of sp³-hybridized carbons (Fsp3) is 0.333. The number of rotatable bonds is 3. The zero-order valence-electron chi connectivity index (χ0n) is 8.16. The summed E-state index contributed by atoms with van der Waals surface area (Å²) in [5, 5.41) is 6.95. The first kappa shape index (κ1) is 10.1. The number of nitrogens with zero attached hydrogens (tertiary/aromatic N) is 2. The van der Waals surface area contributed by atoms with E-state index in [0.717, 1.165) is 0 Å². The second kappa shape index (κ2) is 4.33. The molecule has 0 aromatic carbocycles. The van der Waals surface area contributed by atoms with E-state index in [1.807, 2.05) is 0 Å². The Morgan fingerprint density at radius 3 is 3.07 bits per heavy atom. The number of carbonyl (C=O) groups is 1. The van der Waals surface area contributed by atoms with Crippen molar-refractivity contribution < 1.29 is 4.79 Å². The van der Waals surface area contributed by atoms with Gasteiger partial charge in [0.25, 0.3) is 5.91 Å². The first-order valence-corrected chi connectivity index (χ1v) is 4.12. The maximum atomic E-state index is 11.0. The number of carbonyl (C=O) groups excluding carboxylic acids is 1. The third-order valence-corrected chi connectivity index (χ3v) is 1.62. The number of hydrogen-bond donors (Lipinski definition) is 2. The summed E-state index contributed by atoms with van der Waals surface area (Å²) in [5.74, 6) is 5.52. The third kappa shape index (κ3) is 2.26. The second-order valence-corrected chi connectivity index (χ2v) is 2.71. The van der Waals surface area contributed by atoms with E-state index in [0.29, 0.717) is 17.9 Å². The number of amides is 1. The average Bonchev–Trinajstić information content (AvgIpc) is 2.47. The van der Waals surface area contributed by atoms with Crippen LogP contribution in [0.1, 0.15) is 17.3 Å². The fourth-order valence-corrected chi connectivity index (χ4v) is 1.02. The number of nitrogens with one attached hydrogen (secondary N) is 1. The molecular weight excluding hydrogens is 180 g/mol. The van der Waals surface area contributed by atoms with Crippen molar-refractivity contribution in [1.29, 1.82) is 0 Å². The van der Waals surface area contributed by atoms with Crippen molar-refractivity contribution in [2.24, 2.45) is 12.8 Å². The largest absolute Gasteiger partial charge is 0.365 e. The molecule has 0 spiro atoms. The van der Waals surface area contributed by atoms with Gasteiger partial charge in [0.2, 0.25) is 0 Å². The van der Waals surface area contributed by atoms with Gasteiger partial charge in [-0.3, -0.25) is 9.48 Å². The highest BCUT2D eigenvalue weighted by molar-refractivity contribution is 5.97. The minimum Gasteiger partial charge on any atom is -0.365 e. The van der Waals surface area contributed by atoms with Gasteiger partial charge in [-0.15, -0.1) is 5.92 Å². The van der Waals surface area contributed by atoms with Gasteiger partial charge < -0.3 is 11.1 Å². The summed E-state index contributed by atoms with van der Waals surface area (Å²) in [6.45, 7) is 2.20. The van der Waals surface area contributed by atoms with Crippen molar-refractivity contribution in [3.63, 3.8) is 0 Å². The van der Waals surface area contributed by atoms with E-state index < -0.39 is 5.91 Å². The molecule has 5 nitrogen and oxygen atoms in total. The quantitative estimate of drug-likeness (QED) is 0.660. The van der Waals surface area contributed by atoms with Crippen LogP contribution in [0.5, 0.6) is 0 Å². The molecule has 74 valence electrons. The van der Waals surface area contributed by atoms with E-state index in [2.05, 4.69) is 22.3 Å². The van der Waals surface area contributed by atoms with Gasteiger partial charge in [-0.25, -0.2) is 0 Å². The Bertz CT molecular complexity index is 397. The van der Waals surface area contributed by atoms with Crippen LogP contribution in [0.3, 0.4) is 0 Å². The van der Waals surface area contributed by atoms with Gasteiger partial charge in [0.05, 0.1) is 6.54 Å². The summed E-state index contributed by atoms with van der Waals surface area (Å²) in [7, 11) is 1.73. The van der Waals surface area contributed by atoms with E-state index in [-0.39, 0.29) is 0 Å². The van der Waals surface area contributed by atoms with E-state index in [4.69, 9.17) is 5.73 Å². The van der Waals surface area contributed by atoms with Gasteiger partial charge >= 0.3 is 0 Å². The standard InChI is InChI=1S/C9H12N4O/c1-3-4-5-11-9-7(8(10)14)6-13(2)12-9/h6H,5H2,1-2H3,(H2,10,14)(H,11,12). The number of primary amides is 1. The first-order valence-electron chi connectivity index (χ1n) is 4.12. The third-order valence-electron chi connectivity index (χ3n) is 1.62. The molecule has 0 saturated carbocycles. The monoisotopic (exact) mass is 192 g/mol. The number of aromatic nitrogens is 2. The van der Waals surface area contributed by atoms with Crippen molar-refractivity contribution >= 4 is 11.7 Å². The van der Waals surface area contributed by atoms with Crippen LogP contribution in [0.25, 0.3) is 0 Å². The molecule has 14 heavy (non-hydrogen) atoms. The van der Waals surface area contributed by atoms with Gasteiger partial charge in [-0.2, -0.15) is 5.10 Å². The predicted octanol–water partition coefficient (Wildman–Crippen LogP) is -0.0458. The molecule has 5 heteroatoms. The van der Waals surface area contributed by atoms with E-state index in [9.17, 15) is 4.79 Å². The van der Waals surface area contributed by atoms with Crippen LogP contribution >= 0.6 is 0 Å². The zero-order chi connectivity index (χ0) is 10.6. The van der Waals surface area contributed by atoms with Crippen LogP contribution in [-0.2, 0) is 7.05 Å². The summed E-state index contributed by atoms with van der Waals surface area (Å²) in [6.07, 6.45) is 1.57. The smallest absolute Gasteiger partial charge is 0.254 e. The van der Waals surface area contributed by atoms with Gasteiger partial charge in [0.1, 0.15) is 5.56 Å². The molecule has 1 aromatic rings. The van der Waals surface area contributed by atoms with Gasteiger partial charge in [-0.1, -0.05) is 5.92 Å². The number of hydrogen-bond acceptors (Lipinski definition) is 3. The lowest BCUT2D eigenvalue weighted by molar-refractivity contribution is 0.100. The molecule has 3 N–H and O–H groups in total. The summed E-state index contributed by atoms with van der Waals surface area (Å²) in [4.78, 5) is 11.0. The average molecular weight is 192 g/mol. The molecule has 0 saturated heterocycles. The Hall–Kier alpha value is -1.96. The molecule has 1 aromatic heterocycles. The van der Waals surface area contributed by atoms with Crippen LogP contribution < -0.4 is 11.1 Å². The fourth-order valence-electron chi connectivity index (χ4n) is 1.02. The lowest BCUT2D eigenvalue weighted by atomic mass is 10.3. The van der Waals surface area contributed by atoms with E-state index in [1.165, 1.54) is 4.68 Å². The maximum absolute atomic E-state index is 11.0. The van der Waals surface area contributed by atoms with Crippen LogP contribution in [0, 0.1) is 11.8 Å². The second-order valence-electron chi connectivity index (χ2n) is 2.71. The number of anilines is 1. The van der Waals surface area contributed by atoms with Gasteiger partial charge in [0, 0.05) is 13.2 Å². The normalized spacial score (nSPS) is 9.00. The number of nitrogens with two attached hydrogens (primary N) is 1. The Labute approximate surface area is 82.3 Å². The Morgan fingerprint density at radius 1 is 1.79 bits per heavy atom. The molecule has 1 amide bonds. The lowest BCUT2D eigenvalue weighted by Gasteiger charge is -1.98. The number of aryl methyl sites for hydroxylation is 1. The minimum absolute atomic E-state index is 0.380. The lowest BCUT2D eigenvalue weighted by Crippen LogP contribution is -2.13. The Balaban J connectivity index is 2.82. The van der Waals surface area contributed by atoms with Crippen molar-refractivity contribution in [3.05, 3.63) is 11.8 Å². The molecule has 0 fully saturated rings. The highest BCUT2D eigenvalue weighted by Crippen LogP contribution is 2.10. The molecule has 0 aliphatic carbocycles. The topological polar surface area (TPSA) is 72.9 Å². The molecule has 0 aliphatic rings. The molecule has 1 rings (SSSR count). The summed E-state index contributed by atoms with van der Waals surface area (Å²) in [6, 6.07) is 0.